The first-order valence-electron chi connectivity index (χ1n) is 10.0. The van der Waals surface area contributed by atoms with Gasteiger partial charge in [-0.25, -0.2) is 4.79 Å². The molecule has 3 rings (SSSR count). The largest absolute Gasteiger partial charge is 0.484 e. The normalized spacial score (nSPS) is 18.1. The quantitative estimate of drug-likeness (QED) is 0.623. The first-order valence-corrected chi connectivity index (χ1v) is 10.8. The van der Waals surface area contributed by atoms with Gasteiger partial charge in [0.2, 0.25) is 0 Å². The van der Waals surface area contributed by atoms with Gasteiger partial charge in [-0.2, -0.15) is 0 Å². The molecule has 8 heteroatoms. The number of rotatable bonds is 5. The molecule has 0 heterocycles. The van der Waals surface area contributed by atoms with Crippen molar-refractivity contribution in [2.75, 3.05) is 6.61 Å². The fourth-order valence-corrected chi connectivity index (χ4v) is 4.04. The number of nitrogens with two attached hydrogens (primary N) is 1. The molecule has 3 N–H and O–H groups in total. The number of hydrogen-bond donors (Lipinski definition) is 2. The summed E-state index contributed by atoms with van der Waals surface area (Å²) < 4.78 is 10.9. The topological polar surface area (TPSA) is 90.7 Å². The minimum Gasteiger partial charge on any atom is -0.484 e. The van der Waals surface area contributed by atoms with Gasteiger partial charge in [0.25, 0.3) is 5.91 Å². The highest BCUT2D eigenvalue weighted by Gasteiger charge is 2.31. The predicted octanol–water partition coefficient (Wildman–Crippen LogP) is 5.35. The third-order valence-electron chi connectivity index (χ3n) is 4.97. The van der Waals surface area contributed by atoms with Gasteiger partial charge >= 0.3 is 6.09 Å². The maximum Gasteiger partial charge on any atom is 0.408 e. The zero-order chi connectivity index (χ0) is 22.8. The molecule has 0 bridgehead atoms. The molecule has 31 heavy (non-hydrogen) atoms. The van der Waals surface area contributed by atoms with Gasteiger partial charge in [-0.05, 0) is 74.6 Å². The van der Waals surface area contributed by atoms with Crippen molar-refractivity contribution in [2.24, 2.45) is 5.73 Å². The van der Waals surface area contributed by atoms with E-state index in [-0.39, 0.29) is 18.6 Å². The molecule has 1 aliphatic carbocycles. The molecule has 0 saturated heterocycles. The zero-order valence-electron chi connectivity index (χ0n) is 17.7. The van der Waals surface area contributed by atoms with Crippen molar-refractivity contribution in [3.8, 4) is 5.75 Å². The number of benzene rings is 2. The third kappa shape index (κ3) is 6.05. The van der Waals surface area contributed by atoms with Gasteiger partial charge in [0.05, 0.1) is 16.1 Å². The van der Waals surface area contributed by atoms with Crippen LogP contribution < -0.4 is 15.8 Å². The minimum absolute atomic E-state index is 0.0756. The molecule has 0 fully saturated rings. The second-order valence-corrected chi connectivity index (χ2v) is 9.36. The Kier molecular flexibility index (Phi) is 7.02. The van der Waals surface area contributed by atoms with Crippen molar-refractivity contribution >= 4 is 35.2 Å². The van der Waals surface area contributed by atoms with Crippen molar-refractivity contribution in [3.63, 3.8) is 0 Å². The van der Waals surface area contributed by atoms with Crippen molar-refractivity contribution in [2.45, 2.75) is 51.2 Å². The number of amides is 2. The minimum atomic E-state index is -0.601. The highest BCUT2D eigenvalue weighted by atomic mass is 35.5. The van der Waals surface area contributed by atoms with Crippen LogP contribution in [0.4, 0.5) is 4.79 Å². The van der Waals surface area contributed by atoms with Crippen molar-refractivity contribution in [1.29, 1.82) is 0 Å². The van der Waals surface area contributed by atoms with Gasteiger partial charge in [-0.3, -0.25) is 4.79 Å². The van der Waals surface area contributed by atoms with E-state index in [1.165, 1.54) is 0 Å². The van der Waals surface area contributed by atoms with Crippen LogP contribution in [-0.2, 0) is 9.53 Å². The molecule has 166 valence electrons. The van der Waals surface area contributed by atoms with Crippen LogP contribution in [0.2, 0.25) is 10.0 Å². The second kappa shape index (κ2) is 9.37. The molecular formula is C23H26Cl2N2O4. The molecular weight excluding hydrogens is 439 g/mol. The van der Waals surface area contributed by atoms with Gasteiger partial charge in [-0.1, -0.05) is 35.3 Å². The third-order valence-corrected chi connectivity index (χ3v) is 5.71. The fraction of sp³-hybridized carbons (Fsp3) is 0.391. The maximum atomic E-state index is 12.4. The van der Waals surface area contributed by atoms with E-state index in [0.29, 0.717) is 22.2 Å². The average Bonchev–Trinajstić information content (AvgIpc) is 2.67. The van der Waals surface area contributed by atoms with E-state index in [1.807, 2.05) is 45.0 Å². The summed E-state index contributed by atoms with van der Waals surface area (Å²) in [6.07, 6.45) is 1.00. The van der Waals surface area contributed by atoms with Gasteiger partial charge in [0, 0.05) is 5.92 Å². The Labute approximate surface area is 192 Å². The molecule has 2 aromatic carbocycles. The first kappa shape index (κ1) is 23.2. The lowest BCUT2D eigenvalue weighted by Crippen LogP contribution is -2.36. The molecule has 2 atom stereocenters. The van der Waals surface area contributed by atoms with E-state index in [2.05, 4.69) is 5.32 Å². The Morgan fingerprint density at radius 2 is 1.81 bits per heavy atom. The van der Waals surface area contributed by atoms with Gasteiger partial charge in [0.1, 0.15) is 11.4 Å². The molecule has 6 nitrogen and oxygen atoms in total. The number of primary amides is 1. The molecule has 0 spiro atoms. The van der Waals surface area contributed by atoms with Crippen molar-refractivity contribution in [1.82, 2.24) is 5.32 Å². The van der Waals surface area contributed by atoms with E-state index >= 15 is 0 Å². The summed E-state index contributed by atoms with van der Waals surface area (Å²) in [5.41, 5.74) is 7.57. The Morgan fingerprint density at radius 3 is 2.45 bits per heavy atom. The number of alkyl carbamates (subject to hydrolysis) is 1. The summed E-state index contributed by atoms with van der Waals surface area (Å²) in [5.74, 6) is 0.0183. The summed E-state index contributed by atoms with van der Waals surface area (Å²) in [5, 5.41) is 3.96. The Morgan fingerprint density at radius 1 is 1.06 bits per heavy atom. The lowest BCUT2D eigenvalue weighted by Gasteiger charge is -2.33. The number of hydrogen-bond acceptors (Lipinski definition) is 4. The molecule has 0 aliphatic heterocycles. The number of carbonyl (C=O) groups is 2. The summed E-state index contributed by atoms with van der Waals surface area (Å²) >= 11 is 12.3. The lowest BCUT2D eigenvalue weighted by molar-refractivity contribution is -0.119. The molecule has 0 radical (unpaired) electrons. The van der Waals surface area contributed by atoms with Crippen molar-refractivity contribution in [3.05, 3.63) is 63.1 Å². The number of ether oxygens (including phenoxy) is 2. The summed E-state index contributed by atoms with van der Waals surface area (Å²) in [6.45, 7) is 5.23. The van der Waals surface area contributed by atoms with E-state index in [9.17, 15) is 9.59 Å². The van der Waals surface area contributed by atoms with Crippen LogP contribution in [0, 0.1) is 0 Å². The van der Waals surface area contributed by atoms with Crippen LogP contribution in [0.1, 0.15) is 62.3 Å². The van der Waals surface area contributed by atoms with Crippen LogP contribution in [0.25, 0.3) is 0 Å². The highest BCUT2D eigenvalue weighted by Crippen LogP contribution is 2.43. The Bertz CT molecular complexity index is 988. The fourth-order valence-electron chi connectivity index (χ4n) is 3.74. The second-order valence-electron chi connectivity index (χ2n) is 8.55. The van der Waals surface area contributed by atoms with Crippen LogP contribution in [0.15, 0.2) is 36.4 Å². The lowest BCUT2D eigenvalue weighted by atomic mass is 9.76. The summed E-state index contributed by atoms with van der Waals surface area (Å²) in [7, 11) is 0. The standard InChI is InChI=1S/C23H26Cl2N2O4/c1-23(2,3)31-22(29)27-20-9-7-15(13-4-8-18(24)19(25)10-13)16-6-5-14(11-17(16)20)30-12-21(26)28/h4-6,8,10-11,15,20H,7,9,12H2,1-3H3,(H2,26,28)(H,27,29)/t15-,20-/m0/s1. The Balaban J connectivity index is 1.94. The monoisotopic (exact) mass is 464 g/mol. The zero-order valence-corrected chi connectivity index (χ0v) is 19.2. The molecule has 0 unspecified atom stereocenters. The van der Waals surface area contributed by atoms with Crippen LogP contribution in [0.5, 0.6) is 5.75 Å². The average molecular weight is 465 g/mol. The molecule has 2 aromatic rings. The molecule has 1 aliphatic rings. The first-order chi connectivity index (χ1) is 14.5. The number of nitrogens with one attached hydrogen (secondary N) is 1. The van der Waals surface area contributed by atoms with Crippen LogP contribution in [-0.4, -0.2) is 24.2 Å². The van der Waals surface area contributed by atoms with Gasteiger partial charge in [-0.15, -0.1) is 0 Å². The number of fused-ring (bicyclic) bond motifs is 1. The van der Waals surface area contributed by atoms with E-state index in [4.69, 9.17) is 38.4 Å². The summed E-state index contributed by atoms with van der Waals surface area (Å²) in [6, 6.07) is 10.9. The van der Waals surface area contributed by atoms with E-state index in [0.717, 1.165) is 23.1 Å². The maximum absolute atomic E-state index is 12.4. The number of halogens is 2. The molecule has 2 amide bonds. The van der Waals surface area contributed by atoms with E-state index < -0.39 is 17.6 Å². The van der Waals surface area contributed by atoms with Crippen LogP contribution >= 0.6 is 23.2 Å². The predicted molar refractivity (Wildman–Crippen MR) is 121 cm³/mol. The Hall–Kier alpha value is -2.44. The van der Waals surface area contributed by atoms with Gasteiger partial charge in [0.15, 0.2) is 6.61 Å². The number of carbonyl (C=O) groups excluding carboxylic acids is 2. The SMILES string of the molecule is CC(C)(C)OC(=O)N[C@H]1CC[C@@H](c2ccc(Cl)c(Cl)c2)c2ccc(OCC(N)=O)cc21. The molecule has 0 aromatic heterocycles. The van der Waals surface area contributed by atoms with E-state index in [1.54, 1.807) is 12.1 Å². The molecule has 0 saturated carbocycles. The smallest absolute Gasteiger partial charge is 0.408 e. The van der Waals surface area contributed by atoms with Crippen molar-refractivity contribution < 1.29 is 19.1 Å². The summed E-state index contributed by atoms with van der Waals surface area (Å²) in [4.78, 5) is 23.5. The van der Waals surface area contributed by atoms with Gasteiger partial charge < -0.3 is 20.5 Å². The van der Waals surface area contributed by atoms with Crippen LogP contribution in [0.3, 0.4) is 0 Å². The highest BCUT2D eigenvalue weighted by molar-refractivity contribution is 6.42.